The van der Waals surface area contributed by atoms with Crippen LogP contribution in [-0.4, -0.2) is 109 Å². The van der Waals surface area contributed by atoms with E-state index in [4.69, 9.17) is 14.6 Å². The van der Waals surface area contributed by atoms with Gasteiger partial charge >= 0.3 is 12.0 Å². The maximum atomic E-state index is 13.5. The molecule has 2 atom stereocenters. The molecule has 2 aromatic carbocycles. The van der Waals surface area contributed by atoms with Crippen LogP contribution >= 0.6 is 0 Å². The number of carboxylic acids is 1. The maximum absolute atomic E-state index is 13.5. The van der Waals surface area contributed by atoms with E-state index in [1.807, 2.05) is 31.2 Å². The van der Waals surface area contributed by atoms with E-state index in [9.17, 15) is 19.2 Å². The van der Waals surface area contributed by atoms with E-state index in [2.05, 4.69) is 10.6 Å². The molecule has 0 unspecified atom stereocenters. The molecule has 12 heteroatoms. The fourth-order valence-corrected chi connectivity index (χ4v) is 5.22. The number of nitrogens with one attached hydrogen (secondary N) is 2. The van der Waals surface area contributed by atoms with Gasteiger partial charge in [-0.3, -0.25) is 19.3 Å². The highest BCUT2D eigenvalue weighted by atomic mass is 16.5. The van der Waals surface area contributed by atoms with Crippen LogP contribution in [0.3, 0.4) is 0 Å². The molecular weight excluding hydrogens is 530 g/mol. The van der Waals surface area contributed by atoms with Gasteiger partial charge in [-0.15, -0.1) is 0 Å². The number of amides is 4. The van der Waals surface area contributed by atoms with Crippen molar-refractivity contribution in [3.63, 3.8) is 0 Å². The van der Waals surface area contributed by atoms with Crippen molar-refractivity contribution in [1.29, 1.82) is 0 Å². The number of carbonyl (C=O) groups is 4. The summed E-state index contributed by atoms with van der Waals surface area (Å²) in [4.78, 5) is 55.5. The number of piperazine rings is 1. The SMILES string of the molecule is COc1cc(CC(=O)N2C[C@H](OC)C[C@H]2C(=O)N2CCN(CC(=O)O)CC2)ccc1NC(=O)Nc1ccccc1C. The van der Waals surface area contributed by atoms with Gasteiger partial charge in [0.1, 0.15) is 11.8 Å². The predicted octanol–water partition coefficient (Wildman–Crippen LogP) is 2.03. The number of aliphatic carboxylic acids is 1. The van der Waals surface area contributed by atoms with Gasteiger partial charge in [-0.25, -0.2) is 4.79 Å². The summed E-state index contributed by atoms with van der Waals surface area (Å²) >= 11 is 0. The van der Waals surface area contributed by atoms with Crippen LogP contribution in [0.4, 0.5) is 16.2 Å². The van der Waals surface area contributed by atoms with E-state index >= 15 is 0 Å². The third-order valence-electron chi connectivity index (χ3n) is 7.51. The molecule has 2 fully saturated rings. The number of aryl methyl sites for hydroxylation is 1. The van der Waals surface area contributed by atoms with Crippen LogP contribution < -0.4 is 15.4 Å². The van der Waals surface area contributed by atoms with Gasteiger partial charge in [-0.1, -0.05) is 24.3 Å². The molecule has 0 spiro atoms. The minimum atomic E-state index is -0.897. The Balaban J connectivity index is 1.40. The quantitative estimate of drug-likeness (QED) is 0.418. The van der Waals surface area contributed by atoms with Crippen molar-refractivity contribution in [2.24, 2.45) is 0 Å². The highest BCUT2D eigenvalue weighted by molar-refractivity contribution is 6.01. The van der Waals surface area contributed by atoms with Crippen molar-refractivity contribution in [3.8, 4) is 5.75 Å². The first-order chi connectivity index (χ1) is 19.7. The number of nitrogens with zero attached hydrogens (tertiary/aromatic N) is 3. The van der Waals surface area contributed by atoms with Crippen LogP contribution in [0.5, 0.6) is 5.75 Å². The summed E-state index contributed by atoms with van der Waals surface area (Å²) in [7, 11) is 3.05. The number of urea groups is 1. The topological polar surface area (TPSA) is 141 Å². The van der Waals surface area contributed by atoms with Crippen LogP contribution in [0.2, 0.25) is 0 Å². The van der Waals surface area contributed by atoms with Crippen LogP contribution in [-0.2, 0) is 25.5 Å². The Morgan fingerprint density at radius 3 is 2.34 bits per heavy atom. The number of hydrogen-bond donors (Lipinski definition) is 3. The number of methoxy groups -OCH3 is 2. The lowest BCUT2D eigenvalue weighted by molar-refractivity contribution is -0.145. The third-order valence-corrected chi connectivity index (χ3v) is 7.51. The van der Waals surface area contributed by atoms with Gasteiger partial charge in [0.05, 0.1) is 31.9 Å². The Labute approximate surface area is 239 Å². The number of benzene rings is 2. The summed E-state index contributed by atoms with van der Waals surface area (Å²) < 4.78 is 11.0. The van der Waals surface area contributed by atoms with Crippen molar-refractivity contribution in [2.75, 3.05) is 64.1 Å². The van der Waals surface area contributed by atoms with Gasteiger partial charge < -0.3 is 35.0 Å². The second-order valence-corrected chi connectivity index (χ2v) is 10.3. The van der Waals surface area contributed by atoms with Crippen molar-refractivity contribution >= 4 is 35.2 Å². The molecular formula is C29H37N5O7. The largest absolute Gasteiger partial charge is 0.495 e. The third kappa shape index (κ3) is 7.53. The van der Waals surface area contributed by atoms with E-state index in [0.717, 1.165) is 5.56 Å². The molecule has 0 aromatic heterocycles. The van der Waals surface area contributed by atoms with Gasteiger partial charge in [-0.2, -0.15) is 0 Å². The maximum Gasteiger partial charge on any atom is 0.323 e. The molecule has 2 aliphatic heterocycles. The summed E-state index contributed by atoms with van der Waals surface area (Å²) in [6.07, 6.45) is 0.186. The summed E-state index contributed by atoms with van der Waals surface area (Å²) in [6, 6.07) is 11.5. The Morgan fingerprint density at radius 1 is 0.976 bits per heavy atom. The molecule has 4 rings (SSSR count). The van der Waals surface area contributed by atoms with E-state index in [1.165, 1.54) is 7.11 Å². The van der Waals surface area contributed by atoms with Gasteiger partial charge in [0.25, 0.3) is 0 Å². The lowest BCUT2D eigenvalue weighted by Crippen LogP contribution is -2.55. The number of carboxylic acid groups (broad SMARTS) is 1. The van der Waals surface area contributed by atoms with E-state index < -0.39 is 18.0 Å². The molecule has 0 saturated carbocycles. The number of carbonyl (C=O) groups excluding carboxylic acids is 3. The molecule has 2 aliphatic rings. The lowest BCUT2D eigenvalue weighted by atomic mass is 10.1. The normalized spacial score (nSPS) is 19.1. The van der Waals surface area contributed by atoms with Crippen molar-refractivity contribution < 1.29 is 33.8 Å². The molecule has 41 heavy (non-hydrogen) atoms. The number of anilines is 2. The summed E-state index contributed by atoms with van der Waals surface area (Å²) in [5, 5.41) is 14.6. The standard InChI is InChI=1S/C29H37N5O7/c1-19-6-4-5-7-22(19)30-29(39)31-23-9-8-20(14-25(23)41-3)15-26(35)34-17-21(40-2)16-24(34)28(38)33-12-10-32(11-13-33)18-27(36)37/h4-9,14,21,24H,10-13,15-18H2,1-3H3,(H,36,37)(H2,30,31,39)/t21-,24+/m1/s1. The fraction of sp³-hybridized carbons (Fsp3) is 0.448. The van der Waals surface area contributed by atoms with Gasteiger partial charge in [0, 0.05) is 51.9 Å². The molecule has 3 N–H and O–H groups in total. The average Bonchev–Trinajstić information content (AvgIpc) is 3.40. The van der Waals surface area contributed by atoms with Crippen molar-refractivity contribution in [3.05, 3.63) is 53.6 Å². The monoisotopic (exact) mass is 567 g/mol. The molecule has 220 valence electrons. The number of ether oxygens (including phenoxy) is 2. The minimum absolute atomic E-state index is 0.0403. The Kier molecular flexibility index (Phi) is 9.79. The number of hydrogen-bond acceptors (Lipinski definition) is 7. The van der Waals surface area contributed by atoms with Gasteiger partial charge in [0.2, 0.25) is 11.8 Å². The highest BCUT2D eigenvalue weighted by Crippen LogP contribution is 2.28. The zero-order valence-electron chi connectivity index (χ0n) is 23.6. The van der Waals surface area contributed by atoms with E-state index in [0.29, 0.717) is 61.8 Å². The first-order valence-corrected chi connectivity index (χ1v) is 13.5. The molecule has 12 nitrogen and oxygen atoms in total. The first-order valence-electron chi connectivity index (χ1n) is 13.5. The summed E-state index contributed by atoms with van der Waals surface area (Å²) in [6.45, 7) is 3.90. The second kappa shape index (κ2) is 13.5. The van der Waals surface area contributed by atoms with Crippen LogP contribution in [0.15, 0.2) is 42.5 Å². The van der Waals surface area contributed by atoms with E-state index in [-0.39, 0.29) is 30.9 Å². The number of likely N-dealkylation sites (tertiary alicyclic amines) is 1. The van der Waals surface area contributed by atoms with Crippen LogP contribution in [0.1, 0.15) is 17.5 Å². The second-order valence-electron chi connectivity index (χ2n) is 10.3. The Morgan fingerprint density at radius 2 is 1.68 bits per heavy atom. The fourth-order valence-electron chi connectivity index (χ4n) is 5.22. The number of rotatable bonds is 9. The van der Waals surface area contributed by atoms with Crippen molar-refractivity contribution in [2.45, 2.75) is 31.9 Å². The Hall–Kier alpha value is -4.16. The zero-order chi connectivity index (χ0) is 29.5. The molecule has 2 saturated heterocycles. The molecule has 2 heterocycles. The lowest BCUT2D eigenvalue weighted by Gasteiger charge is -2.36. The minimum Gasteiger partial charge on any atom is -0.495 e. The molecule has 4 amide bonds. The molecule has 0 bridgehead atoms. The van der Waals surface area contributed by atoms with Crippen LogP contribution in [0, 0.1) is 6.92 Å². The molecule has 2 aromatic rings. The van der Waals surface area contributed by atoms with Gasteiger partial charge in [0.15, 0.2) is 0 Å². The molecule has 0 aliphatic carbocycles. The smallest absolute Gasteiger partial charge is 0.323 e. The highest BCUT2D eigenvalue weighted by Gasteiger charge is 2.42. The van der Waals surface area contributed by atoms with E-state index in [1.54, 1.807) is 40.0 Å². The average molecular weight is 568 g/mol. The Bertz CT molecular complexity index is 1280. The number of para-hydroxylation sites is 1. The first kappa shape index (κ1) is 29.8. The summed E-state index contributed by atoms with van der Waals surface area (Å²) in [5.74, 6) is -0.860. The van der Waals surface area contributed by atoms with Crippen LogP contribution in [0.25, 0.3) is 0 Å². The molecule has 0 radical (unpaired) electrons. The van der Waals surface area contributed by atoms with Gasteiger partial charge in [-0.05, 0) is 36.2 Å². The predicted molar refractivity (Wildman–Crippen MR) is 152 cm³/mol. The van der Waals surface area contributed by atoms with Crippen molar-refractivity contribution in [1.82, 2.24) is 14.7 Å². The summed E-state index contributed by atoms with van der Waals surface area (Å²) in [5.41, 5.74) is 2.74. The zero-order valence-corrected chi connectivity index (χ0v) is 23.6.